The molecule has 1 N–H and O–H groups in total. The SMILES string of the molecule is OC1COc2cc(OC3CCOC4(CCC4)C3)ccc21. The number of ether oxygens (including phenoxy) is 3. The van der Waals surface area contributed by atoms with Crippen molar-refractivity contribution in [3.63, 3.8) is 0 Å². The van der Waals surface area contributed by atoms with Crippen molar-refractivity contribution in [1.29, 1.82) is 0 Å². The molecule has 4 rings (SSSR count). The first kappa shape index (κ1) is 12.5. The Morgan fingerprint density at radius 3 is 3.00 bits per heavy atom. The first-order valence-corrected chi connectivity index (χ1v) is 7.50. The molecule has 1 spiro atoms. The van der Waals surface area contributed by atoms with Crippen molar-refractivity contribution in [2.75, 3.05) is 13.2 Å². The molecule has 2 atom stereocenters. The van der Waals surface area contributed by atoms with E-state index in [0.717, 1.165) is 36.5 Å². The maximum Gasteiger partial charge on any atom is 0.129 e. The zero-order valence-electron chi connectivity index (χ0n) is 11.5. The van der Waals surface area contributed by atoms with Gasteiger partial charge in [-0.3, -0.25) is 0 Å². The van der Waals surface area contributed by atoms with Crippen LogP contribution in [-0.4, -0.2) is 30.0 Å². The molecule has 2 unspecified atom stereocenters. The van der Waals surface area contributed by atoms with Crippen molar-refractivity contribution in [2.45, 2.75) is 49.9 Å². The highest BCUT2D eigenvalue weighted by atomic mass is 16.5. The van der Waals surface area contributed by atoms with E-state index < -0.39 is 6.10 Å². The molecule has 0 aromatic heterocycles. The van der Waals surface area contributed by atoms with Crippen molar-refractivity contribution < 1.29 is 19.3 Å². The van der Waals surface area contributed by atoms with Gasteiger partial charge in [-0.25, -0.2) is 0 Å². The van der Waals surface area contributed by atoms with Gasteiger partial charge in [-0.05, 0) is 31.4 Å². The van der Waals surface area contributed by atoms with E-state index in [-0.39, 0.29) is 11.7 Å². The molecule has 4 heteroatoms. The van der Waals surface area contributed by atoms with Gasteiger partial charge in [-0.1, -0.05) is 0 Å². The number of hydrogen-bond acceptors (Lipinski definition) is 4. The molecule has 3 aliphatic rings. The standard InChI is InChI=1S/C16H20O4/c17-14-10-18-15-8-11(2-3-13(14)15)20-12-4-7-19-16(9-12)5-1-6-16/h2-3,8,12,14,17H,1,4-7,9-10H2. The Hall–Kier alpha value is -1.26. The molecule has 1 aromatic carbocycles. The van der Waals surface area contributed by atoms with Crippen LogP contribution >= 0.6 is 0 Å². The fourth-order valence-electron chi connectivity index (χ4n) is 3.44. The van der Waals surface area contributed by atoms with E-state index in [1.807, 2.05) is 18.2 Å². The summed E-state index contributed by atoms with van der Waals surface area (Å²) in [5, 5.41) is 9.72. The van der Waals surface area contributed by atoms with Gasteiger partial charge in [0, 0.05) is 24.5 Å². The first-order valence-electron chi connectivity index (χ1n) is 7.50. The summed E-state index contributed by atoms with van der Waals surface area (Å²) in [6.07, 6.45) is 5.29. The summed E-state index contributed by atoms with van der Waals surface area (Å²) in [5.74, 6) is 1.58. The van der Waals surface area contributed by atoms with Crippen LogP contribution in [0, 0.1) is 0 Å². The Bertz CT molecular complexity index is 509. The molecule has 1 saturated heterocycles. The van der Waals surface area contributed by atoms with Gasteiger partial charge in [0.05, 0.1) is 12.2 Å². The Labute approximate surface area is 118 Å². The lowest BCUT2D eigenvalue weighted by molar-refractivity contribution is -0.153. The van der Waals surface area contributed by atoms with Crippen LogP contribution in [0.3, 0.4) is 0 Å². The van der Waals surface area contributed by atoms with E-state index >= 15 is 0 Å². The Morgan fingerprint density at radius 2 is 2.20 bits per heavy atom. The molecular weight excluding hydrogens is 256 g/mol. The van der Waals surface area contributed by atoms with Gasteiger partial charge in [0.1, 0.15) is 30.3 Å². The van der Waals surface area contributed by atoms with Crippen LogP contribution in [-0.2, 0) is 4.74 Å². The predicted molar refractivity (Wildman–Crippen MR) is 73.1 cm³/mol. The maximum absolute atomic E-state index is 9.72. The van der Waals surface area contributed by atoms with Crippen LogP contribution in [0.5, 0.6) is 11.5 Å². The zero-order chi connectivity index (χ0) is 13.6. The predicted octanol–water partition coefficient (Wildman–Crippen LogP) is 2.59. The minimum Gasteiger partial charge on any atom is -0.490 e. The topological polar surface area (TPSA) is 47.9 Å². The average molecular weight is 276 g/mol. The Balaban J connectivity index is 1.46. The fourth-order valence-corrected chi connectivity index (χ4v) is 3.44. The summed E-state index contributed by atoms with van der Waals surface area (Å²) in [6, 6.07) is 5.73. The van der Waals surface area contributed by atoms with E-state index in [0.29, 0.717) is 6.61 Å². The van der Waals surface area contributed by atoms with E-state index in [4.69, 9.17) is 14.2 Å². The molecular formula is C16H20O4. The number of aliphatic hydroxyl groups is 1. The summed E-state index contributed by atoms with van der Waals surface area (Å²) in [5.41, 5.74) is 0.964. The molecule has 1 aromatic rings. The minimum absolute atomic E-state index is 0.104. The van der Waals surface area contributed by atoms with Crippen LogP contribution in [0.1, 0.15) is 43.8 Å². The molecule has 2 heterocycles. The van der Waals surface area contributed by atoms with Crippen molar-refractivity contribution >= 4 is 0 Å². The largest absolute Gasteiger partial charge is 0.490 e. The van der Waals surface area contributed by atoms with Crippen LogP contribution in [0.15, 0.2) is 18.2 Å². The van der Waals surface area contributed by atoms with Crippen LogP contribution in [0.25, 0.3) is 0 Å². The van der Waals surface area contributed by atoms with E-state index in [9.17, 15) is 5.11 Å². The molecule has 20 heavy (non-hydrogen) atoms. The van der Waals surface area contributed by atoms with Crippen molar-refractivity contribution in [2.24, 2.45) is 0 Å². The third-order valence-electron chi connectivity index (χ3n) is 4.76. The molecule has 0 amide bonds. The summed E-state index contributed by atoms with van der Waals surface area (Å²) in [6.45, 7) is 1.14. The smallest absolute Gasteiger partial charge is 0.129 e. The lowest BCUT2D eigenvalue weighted by Crippen LogP contribution is -2.48. The first-order chi connectivity index (χ1) is 9.74. The van der Waals surface area contributed by atoms with E-state index in [1.165, 1.54) is 19.3 Å². The Kier molecular flexibility index (Phi) is 2.89. The Morgan fingerprint density at radius 1 is 1.30 bits per heavy atom. The molecule has 108 valence electrons. The third-order valence-corrected chi connectivity index (χ3v) is 4.76. The second kappa shape index (κ2) is 4.64. The zero-order valence-corrected chi connectivity index (χ0v) is 11.5. The van der Waals surface area contributed by atoms with Crippen molar-refractivity contribution in [1.82, 2.24) is 0 Å². The van der Waals surface area contributed by atoms with Gasteiger partial charge < -0.3 is 19.3 Å². The highest BCUT2D eigenvalue weighted by molar-refractivity contribution is 5.44. The van der Waals surface area contributed by atoms with E-state index in [2.05, 4.69) is 0 Å². The molecule has 0 bridgehead atoms. The summed E-state index contributed by atoms with van der Waals surface area (Å²) in [7, 11) is 0. The number of fused-ring (bicyclic) bond motifs is 1. The second-order valence-electron chi connectivity index (χ2n) is 6.14. The molecule has 1 saturated carbocycles. The van der Waals surface area contributed by atoms with Crippen LogP contribution < -0.4 is 9.47 Å². The van der Waals surface area contributed by atoms with Crippen molar-refractivity contribution in [3.8, 4) is 11.5 Å². The molecule has 1 aliphatic carbocycles. The summed E-state index contributed by atoms with van der Waals surface area (Å²) in [4.78, 5) is 0. The lowest BCUT2D eigenvalue weighted by atomic mass is 9.74. The highest BCUT2D eigenvalue weighted by Gasteiger charge is 2.43. The van der Waals surface area contributed by atoms with Gasteiger partial charge in [0.15, 0.2) is 0 Å². The molecule has 0 radical (unpaired) electrons. The van der Waals surface area contributed by atoms with Crippen LogP contribution in [0.2, 0.25) is 0 Å². The number of rotatable bonds is 2. The lowest BCUT2D eigenvalue weighted by Gasteiger charge is -2.46. The highest BCUT2D eigenvalue weighted by Crippen LogP contribution is 2.43. The third kappa shape index (κ3) is 2.07. The van der Waals surface area contributed by atoms with Gasteiger partial charge >= 0.3 is 0 Å². The quantitative estimate of drug-likeness (QED) is 0.902. The van der Waals surface area contributed by atoms with Gasteiger partial charge in [-0.15, -0.1) is 0 Å². The molecule has 2 aliphatic heterocycles. The summed E-state index contributed by atoms with van der Waals surface area (Å²) >= 11 is 0. The average Bonchev–Trinajstić information content (AvgIpc) is 2.79. The van der Waals surface area contributed by atoms with E-state index in [1.54, 1.807) is 0 Å². The number of hydrogen-bond donors (Lipinski definition) is 1. The molecule has 4 nitrogen and oxygen atoms in total. The summed E-state index contributed by atoms with van der Waals surface area (Å²) < 4.78 is 17.5. The normalized spacial score (nSPS) is 30.4. The number of benzene rings is 1. The monoisotopic (exact) mass is 276 g/mol. The minimum atomic E-state index is -0.500. The van der Waals surface area contributed by atoms with Gasteiger partial charge in [0.2, 0.25) is 0 Å². The van der Waals surface area contributed by atoms with Gasteiger partial charge in [-0.2, -0.15) is 0 Å². The maximum atomic E-state index is 9.72. The fraction of sp³-hybridized carbons (Fsp3) is 0.625. The van der Waals surface area contributed by atoms with Gasteiger partial charge in [0.25, 0.3) is 0 Å². The molecule has 2 fully saturated rings. The van der Waals surface area contributed by atoms with Crippen LogP contribution in [0.4, 0.5) is 0 Å². The van der Waals surface area contributed by atoms with Crippen molar-refractivity contribution in [3.05, 3.63) is 23.8 Å². The number of aliphatic hydroxyl groups excluding tert-OH is 1. The second-order valence-corrected chi connectivity index (χ2v) is 6.14.